The van der Waals surface area contributed by atoms with E-state index in [0.717, 1.165) is 67.6 Å². The number of hydrogen-bond acceptors (Lipinski definition) is 5. The van der Waals surface area contributed by atoms with Crippen molar-refractivity contribution >= 4 is 33.7 Å². The van der Waals surface area contributed by atoms with Crippen molar-refractivity contribution in [1.29, 1.82) is 0 Å². The van der Waals surface area contributed by atoms with Crippen LogP contribution < -0.4 is 4.90 Å². The van der Waals surface area contributed by atoms with Crippen LogP contribution >= 0.6 is 11.8 Å². The molecule has 1 fully saturated rings. The first kappa shape index (κ1) is 36.1. The van der Waals surface area contributed by atoms with Gasteiger partial charge in [0, 0.05) is 41.0 Å². The molecule has 3 aromatic rings. The molecule has 1 atom stereocenters. The first-order valence-corrected chi connectivity index (χ1v) is 17.1. The van der Waals surface area contributed by atoms with E-state index in [9.17, 15) is 0 Å². The lowest BCUT2D eigenvalue weighted by Gasteiger charge is -2.29. The average molecular weight is 603 g/mol. The van der Waals surface area contributed by atoms with Gasteiger partial charge in [-0.15, -0.1) is 11.8 Å². The van der Waals surface area contributed by atoms with Crippen LogP contribution in [0.3, 0.4) is 0 Å². The Bertz CT molecular complexity index is 1320. The van der Waals surface area contributed by atoms with Gasteiger partial charge in [0.2, 0.25) is 0 Å². The molecule has 0 bridgehead atoms. The number of thioether (sulfide) groups is 1. The van der Waals surface area contributed by atoms with Crippen LogP contribution in [0.25, 0.3) is 16.1 Å². The van der Waals surface area contributed by atoms with Gasteiger partial charge < -0.3 is 9.64 Å². The molecule has 0 N–H and O–H groups in total. The number of nitrogens with zero attached hydrogens (tertiary/aromatic N) is 4. The molecular weight excluding hydrogens is 549 g/mol. The average Bonchev–Trinajstić information content (AvgIpc) is 3.50. The maximum atomic E-state index is 5.65. The normalized spacial score (nSPS) is 14.9. The van der Waals surface area contributed by atoms with Gasteiger partial charge in [-0.3, -0.25) is 0 Å². The van der Waals surface area contributed by atoms with Gasteiger partial charge in [-0.05, 0) is 32.3 Å². The fraction of sp³-hybridized carbons (Fsp3) is 0.459. The van der Waals surface area contributed by atoms with Crippen molar-refractivity contribution in [2.24, 2.45) is 0 Å². The molecule has 5 nitrogen and oxygen atoms in total. The van der Waals surface area contributed by atoms with Gasteiger partial charge in [-0.25, -0.2) is 4.98 Å². The maximum absolute atomic E-state index is 5.65. The summed E-state index contributed by atoms with van der Waals surface area (Å²) in [6, 6.07) is 15.0. The number of anilines is 1. The van der Waals surface area contributed by atoms with Gasteiger partial charge in [-0.2, -0.15) is 9.61 Å². The quantitative estimate of drug-likeness (QED) is 0.204. The molecule has 43 heavy (non-hydrogen) atoms. The Kier molecular flexibility index (Phi) is 17.4. The molecule has 1 aliphatic heterocycles. The fourth-order valence-corrected chi connectivity index (χ4v) is 5.49. The Morgan fingerprint density at radius 3 is 2.30 bits per heavy atom. The SMILES string of the molecule is CC.CCCC.C\C=C/C(=C\C=C\CC)c1cc2nc(C(C)S/C(=C\CC)c3ccccc3)cc(N3CCOCC3)n2n1. The van der Waals surface area contributed by atoms with Crippen LogP contribution in [0.1, 0.15) is 103 Å². The highest BCUT2D eigenvalue weighted by Crippen LogP contribution is 2.40. The number of aromatic nitrogens is 3. The molecule has 6 heteroatoms. The molecule has 0 spiro atoms. The first-order valence-electron chi connectivity index (χ1n) is 16.2. The first-order chi connectivity index (χ1) is 21.1. The van der Waals surface area contributed by atoms with E-state index in [1.54, 1.807) is 0 Å². The number of allylic oxidation sites excluding steroid dienone is 7. The van der Waals surface area contributed by atoms with Crippen molar-refractivity contribution in [1.82, 2.24) is 14.6 Å². The summed E-state index contributed by atoms with van der Waals surface area (Å²) in [5.41, 5.74) is 5.19. The predicted molar refractivity (Wildman–Crippen MR) is 191 cm³/mol. The Hall–Kier alpha value is -3.09. The minimum absolute atomic E-state index is 0.180. The Morgan fingerprint density at radius 1 is 1.00 bits per heavy atom. The highest BCUT2D eigenvalue weighted by Gasteiger charge is 2.21. The van der Waals surface area contributed by atoms with Gasteiger partial charge >= 0.3 is 0 Å². The van der Waals surface area contributed by atoms with E-state index < -0.39 is 0 Å². The topological polar surface area (TPSA) is 42.7 Å². The van der Waals surface area contributed by atoms with Crippen molar-refractivity contribution in [3.63, 3.8) is 0 Å². The van der Waals surface area contributed by atoms with E-state index in [2.05, 4.69) is 118 Å². The van der Waals surface area contributed by atoms with Gasteiger partial charge in [-0.1, -0.05) is 121 Å². The summed E-state index contributed by atoms with van der Waals surface area (Å²) in [5.74, 6) is 1.08. The zero-order valence-corrected chi connectivity index (χ0v) is 28.7. The molecule has 4 rings (SSSR count). The molecule has 1 unspecified atom stereocenters. The van der Waals surface area contributed by atoms with Crippen LogP contribution in [0, 0.1) is 0 Å². The minimum atomic E-state index is 0.180. The number of ether oxygens (including phenoxy) is 1. The summed E-state index contributed by atoms with van der Waals surface area (Å²) in [6.45, 7) is 20.1. The van der Waals surface area contributed by atoms with Gasteiger partial charge in [0.1, 0.15) is 5.82 Å². The lowest BCUT2D eigenvalue weighted by molar-refractivity contribution is 0.122. The molecule has 0 aliphatic carbocycles. The zero-order valence-electron chi connectivity index (χ0n) is 27.8. The van der Waals surface area contributed by atoms with Gasteiger partial charge in [0.25, 0.3) is 0 Å². The number of rotatable bonds is 11. The second-order valence-electron chi connectivity index (χ2n) is 10.00. The van der Waals surface area contributed by atoms with Crippen molar-refractivity contribution in [2.45, 2.75) is 86.3 Å². The minimum Gasteiger partial charge on any atom is -0.378 e. The number of unbranched alkanes of at least 4 members (excludes halogenated alkanes) is 1. The third kappa shape index (κ3) is 11.2. The lowest BCUT2D eigenvalue weighted by atomic mass is 10.1. The highest BCUT2D eigenvalue weighted by molar-refractivity contribution is 8.08. The van der Waals surface area contributed by atoms with E-state index in [4.69, 9.17) is 14.8 Å². The summed E-state index contributed by atoms with van der Waals surface area (Å²) >= 11 is 1.87. The molecule has 0 radical (unpaired) electrons. The highest BCUT2D eigenvalue weighted by atomic mass is 32.2. The molecule has 1 aliphatic rings. The molecule has 234 valence electrons. The van der Waals surface area contributed by atoms with Crippen molar-refractivity contribution in [2.75, 3.05) is 31.2 Å². The molecule has 3 heterocycles. The largest absolute Gasteiger partial charge is 0.378 e. The number of morpholine rings is 1. The zero-order chi connectivity index (χ0) is 31.5. The molecule has 1 saturated heterocycles. The van der Waals surface area contributed by atoms with Gasteiger partial charge in [0.15, 0.2) is 5.65 Å². The second kappa shape index (κ2) is 20.8. The number of fused-ring (bicyclic) bond motifs is 1. The lowest BCUT2D eigenvalue weighted by Crippen LogP contribution is -2.37. The molecule has 2 aromatic heterocycles. The Balaban J connectivity index is 0.000000993. The summed E-state index contributed by atoms with van der Waals surface area (Å²) in [4.78, 5) is 8.78. The summed E-state index contributed by atoms with van der Waals surface area (Å²) in [6.07, 6.45) is 17.5. The maximum Gasteiger partial charge on any atom is 0.158 e. The number of hydrogen-bond donors (Lipinski definition) is 0. The van der Waals surface area contributed by atoms with Gasteiger partial charge in [0.05, 0.1) is 24.6 Å². The van der Waals surface area contributed by atoms with Crippen LogP contribution in [0.4, 0.5) is 5.82 Å². The summed E-state index contributed by atoms with van der Waals surface area (Å²) < 4.78 is 7.65. The summed E-state index contributed by atoms with van der Waals surface area (Å²) in [5, 5.41) is 5.20. The van der Waals surface area contributed by atoms with Crippen LogP contribution in [0.2, 0.25) is 0 Å². The van der Waals surface area contributed by atoms with E-state index in [1.165, 1.54) is 23.3 Å². The van der Waals surface area contributed by atoms with E-state index in [-0.39, 0.29) is 5.25 Å². The van der Waals surface area contributed by atoms with E-state index in [0.29, 0.717) is 0 Å². The second-order valence-corrected chi connectivity index (χ2v) is 11.4. The third-order valence-electron chi connectivity index (χ3n) is 6.72. The van der Waals surface area contributed by atoms with Crippen molar-refractivity contribution in [3.8, 4) is 0 Å². The van der Waals surface area contributed by atoms with Crippen LogP contribution in [0.5, 0.6) is 0 Å². The van der Waals surface area contributed by atoms with E-state index in [1.807, 2.05) is 37.0 Å². The summed E-state index contributed by atoms with van der Waals surface area (Å²) in [7, 11) is 0. The Morgan fingerprint density at radius 2 is 1.70 bits per heavy atom. The third-order valence-corrected chi connectivity index (χ3v) is 7.97. The molecule has 0 saturated carbocycles. The molecular formula is C37H54N4OS. The standard InChI is InChI=1S/C31H38N4OS.C4H10.C2H6/c1-5-8-10-15-25(13-6-2)28-22-30-32-27(23-31(35(30)33-28)34-18-20-36-21-19-34)24(4)37-29(14-7-3)26-16-11-9-12-17-26;1-3-4-2;1-2/h6,8-17,22-24H,5,7,18-21H2,1-4H3;3-4H2,1-2H3;1-2H3/b10-8+,13-6-,25-15+,29-14-;;. The molecule has 1 aromatic carbocycles. The monoisotopic (exact) mass is 602 g/mol. The smallest absolute Gasteiger partial charge is 0.158 e. The molecule has 0 amide bonds. The van der Waals surface area contributed by atoms with E-state index >= 15 is 0 Å². The van der Waals surface area contributed by atoms with Crippen LogP contribution in [-0.4, -0.2) is 40.9 Å². The van der Waals surface area contributed by atoms with Crippen LogP contribution in [-0.2, 0) is 4.74 Å². The van der Waals surface area contributed by atoms with Crippen molar-refractivity contribution < 1.29 is 4.74 Å². The Labute approximate surface area is 265 Å². The number of benzene rings is 1. The predicted octanol–water partition coefficient (Wildman–Crippen LogP) is 10.6. The van der Waals surface area contributed by atoms with Crippen LogP contribution in [0.15, 0.2) is 78.9 Å². The van der Waals surface area contributed by atoms with Crippen molar-refractivity contribution in [3.05, 3.63) is 95.9 Å². The fourth-order valence-electron chi connectivity index (χ4n) is 4.33.